The lowest BCUT2D eigenvalue weighted by Gasteiger charge is -2.19. The van der Waals surface area contributed by atoms with E-state index in [0.717, 1.165) is 30.4 Å². The number of nitrogens with zero attached hydrogens (tertiary/aromatic N) is 1. The maximum atomic E-state index is 12.0. The van der Waals surface area contributed by atoms with E-state index in [1.165, 1.54) is 16.7 Å². The summed E-state index contributed by atoms with van der Waals surface area (Å²) in [6, 6.07) is 7.51. The molecule has 0 saturated heterocycles. The molecule has 0 bridgehead atoms. The summed E-state index contributed by atoms with van der Waals surface area (Å²) in [7, 11) is 0. The van der Waals surface area contributed by atoms with Gasteiger partial charge in [0.15, 0.2) is 5.69 Å². The zero-order valence-electron chi connectivity index (χ0n) is 18.1. The standard InChI is InChI=1S/C22H29N3O5S/c1-22(2,3)30-21(29)23-12-6-4-5-7-18(26)24-13-15-8-10-16(11-9-15)19-25-17(14-31-19)20(27)28/h8-11,14H,4-7,12-13H2,1-3H3,(H,23,29)(H,24,26)(H,27,28). The van der Waals surface area contributed by atoms with Gasteiger partial charge in [-0.25, -0.2) is 14.6 Å². The number of carbonyl (C=O) groups excluding carboxylic acids is 2. The Morgan fingerprint density at radius 1 is 1.06 bits per heavy atom. The number of amides is 2. The Hall–Kier alpha value is -2.94. The summed E-state index contributed by atoms with van der Waals surface area (Å²) in [5.41, 5.74) is 1.32. The lowest BCUT2D eigenvalue weighted by molar-refractivity contribution is -0.121. The smallest absolute Gasteiger partial charge is 0.407 e. The van der Waals surface area contributed by atoms with Crippen LogP contribution >= 0.6 is 11.3 Å². The minimum Gasteiger partial charge on any atom is -0.476 e. The number of carbonyl (C=O) groups is 3. The molecule has 1 aromatic carbocycles. The molecule has 168 valence electrons. The fraction of sp³-hybridized carbons (Fsp3) is 0.455. The predicted octanol–water partition coefficient (Wildman–Crippen LogP) is 4.21. The molecule has 8 nitrogen and oxygen atoms in total. The first-order chi connectivity index (χ1) is 14.6. The van der Waals surface area contributed by atoms with Crippen LogP contribution in [-0.2, 0) is 16.1 Å². The van der Waals surface area contributed by atoms with Gasteiger partial charge in [0.1, 0.15) is 10.6 Å². The van der Waals surface area contributed by atoms with Gasteiger partial charge in [-0.3, -0.25) is 4.79 Å². The van der Waals surface area contributed by atoms with Crippen molar-refractivity contribution in [2.45, 2.75) is 58.6 Å². The largest absolute Gasteiger partial charge is 0.476 e. The normalized spacial score (nSPS) is 11.1. The molecular formula is C22H29N3O5S. The molecule has 2 rings (SSSR count). The third-order valence-corrected chi connectivity index (χ3v) is 5.05. The van der Waals surface area contributed by atoms with Crippen molar-refractivity contribution in [2.24, 2.45) is 0 Å². The summed E-state index contributed by atoms with van der Waals surface area (Å²) < 4.78 is 5.16. The number of aromatic carboxylic acids is 1. The zero-order chi connectivity index (χ0) is 22.9. The first kappa shape index (κ1) is 24.3. The Balaban J connectivity index is 1.62. The highest BCUT2D eigenvalue weighted by molar-refractivity contribution is 7.13. The van der Waals surface area contributed by atoms with E-state index in [9.17, 15) is 14.4 Å². The van der Waals surface area contributed by atoms with Gasteiger partial charge in [-0.2, -0.15) is 0 Å². The van der Waals surface area contributed by atoms with E-state index in [1.54, 1.807) is 0 Å². The van der Waals surface area contributed by atoms with Crippen molar-refractivity contribution in [2.75, 3.05) is 6.54 Å². The monoisotopic (exact) mass is 447 g/mol. The zero-order valence-corrected chi connectivity index (χ0v) is 18.9. The molecule has 1 heterocycles. The Bertz CT molecular complexity index is 887. The predicted molar refractivity (Wildman–Crippen MR) is 119 cm³/mol. The number of alkyl carbamates (subject to hydrolysis) is 1. The van der Waals surface area contributed by atoms with Gasteiger partial charge in [0.2, 0.25) is 5.91 Å². The van der Waals surface area contributed by atoms with Crippen molar-refractivity contribution in [3.8, 4) is 10.6 Å². The van der Waals surface area contributed by atoms with Crippen LogP contribution < -0.4 is 10.6 Å². The Labute approximate surface area is 186 Å². The minimum absolute atomic E-state index is 0.0183. The summed E-state index contributed by atoms with van der Waals surface area (Å²) in [5, 5.41) is 16.7. The van der Waals surface area contributed by atoms with Crippen LogP contribution in [0.2, 0.25) is 0 Å². The lowest BCUT2D eigenvalue weighted by atomic mass is 10.1. The number of carboxylic acids is 1. The number of benzene rings is 1. The molecule has 0 aliphatic carbocycles. The first-order valence-corrected chi connectivity index (χ1v) is 11.0. The van der Waals surface area contributed by atoms with E-state index in [2.05, 4.69) is 15.6 Å². The highest BCUT2D eigenvalue weighted by Gasteiger charge is 2.15. The number of carboxylic acid groups (broad SMARTS) is 1. The van der Waals surface area contributed by atoms with E-state index >= 15 is 0 Å². The molecule has 0 saturated carbocycles. The van der Waals surface area contributed by atoms with Crippen LogP contribution in [0.3, 0.4) is 0 Å². The fourth-order valence-electron chi connectivity index (χ4n) is 2.65. The third kappa shape index (κ3) is 9.17. The third-order valence-electron chi connectivity index (χ3n) is 4.16. The quantitative estimate of drug-likeness (QED) is 0.470. The van der Waals surface area contributed by atoms with Gasteiger partial charge in [-0.05, 0) is 39.2 Å². The number of nitrogens with one attached hydrogen (secondary N) is 2. The molecule has 0 aliphatic rings. The van der Waals surface area contributed by atoms with Gasteiger partial charge in [-0.15, -0.1) is 11.3 Å². The highest BCUT2D eigenvalue weighted by Crippen LogP contribution is 2.24. The average Bonchev–Trinajstić information content (AvgIpc) is 3.18. The summed E-state index contributed by atoms with van der Waals surface area (Å²) in [6.07, 6.45) is 2.38. The fourth-order valence-corrected chi connectivity index (χ4v) is 3.45. The van der Waals surface area contributed by atoms with Gasteiger partial charge in [0.25, 0.3) is 0 Å². The Morgan fingerprint density at radius 2 is 1.77 bits per heavy atom. The molecule has 0 aliphatic heterocycles. The maximum absolute atomic E-state index is 12.0. The second kappa shape index (κ2) is 11.5. The molecule has 0 spiro atoms. The summed E-state index contributed by atoms with van der Waals surface area (Å²) in [6.45, 7) is 6.40. The van der Waals surface area contributed by atoms with Gasteiger partial charge in [-0.1, -0.05) is 30.7 Å². The van der Waals surface area contributed by atoms with Crippen LogP contribution in [0.1, 0.15) is 62.5 Å². The number of rotatable bonds is 10. The number of thiazole rings is 1. The molecule has 2 amide bonds. The van der Waals surface area contributed by atoms with Crippen LogP contribution in [0.5, 0.6) is 0 Å². The van der Waals surface area contributed by atoms with Gasteiger partial charge >= 0.3 is 12.1 Å². The van der Waals surface area contributed by atoms with E-state index < -0.39 is 17.7 Å². The number of ether oxygens (including phenoxy) is 1. The maximum Gasteiger partial charge on any atom is 0.407 e. The molecule has 31 heavy (non-hydrogen) atoms. The summed E-state index contributed by atoms with van der Waals surface area (Å²) in [5.74, 6) is -1.06. The second-order valence-electron chi connectivity index (χ2n) is 8.06. The number of unbranched alkanes of at least 4 members (excludes halogenated alkanes) is 2. The van der Waals surface area contributed by atoms with Crippen molar-refractivity contribution in [1.82, 2.24) is 15.6 Å². The van der Waals surface area contributed by atoms with Crippen molar-refractivity contribution in [3.05, 3.63) is 40.9 Å². The minimum atomic E-state index is -1.04. The van der Waals surface area contributed by atoms with E-state index in [-0.39, 0.29) is 11.6 Å². The van der Waals surface area contributed by atoms with Crippen molar-refractivity contribution >= 4 is 29.3 Å². The van der Waals surface area contributed by atoms with E-state index in [1.807, 2.05) is 45.0 Å². The molecule has 0 unspecified atom stereocenters. The first-order valence-electron chi connectivity index (χ1n) is 10.2. The van der Waals surface area contributed by atoms with Crippen molar-refractivity contribution in [1.29, 1.82) is 0 Å². The number of hydrogen-bond acceptors (Lipinski definition) is 6. The van der Waals surface area contributed by atoms with Gasteiger partial charge < -0.3 is 20.5 Å². The van der Waals surface area contributed by atoms with Crippen LogP contribution in [0.25, 0.3) is 10.6 Å². The highest BCUT2D eigenvalue weighted by atomic mass is 32.1. The molecule has 0 fully saturated rings. The lowest BCUT2D eigenvalue weighted by Crippen LogP contribution is -2.33. The molecule has 0 atom stereocenters. The topological polar surface area (TPSA) is 118 Å². The van der Waals surface area contributed by atoms with Crippen LogP contribution in [0.15, 0.2) is 29.6 Å². The molecular weight excluding hydrogens is 418 g/mol. The van der Waals surface area contributed by atoms with E-state index in [4.69, 9.17) is 9.84 Å². The molecule has 2 aromatic rings. The Kier molecular flexibility index (Phi) is 8.99. The second-order valence-corrected chi connectivity index (χ2v) is 8.91. The van der Waals surface area contributed by atoms with Crippen LogP contribution in [0.4, 0.5) is 4.79 Å². The number of aromatic nitrogens is 1. The number of hydrogen-bond donors (Lipinski definition) is 3. The van der Waals surface area contributed by atoms with Crippen molar-refractivity contribution in [3.63, 3.8) is 0 Å². The van der Waals surface area contributed by atoms with E-state index in [0.29, 0.717) is 24.5 Å². The molecule has 1 aromatic heterocycles. The SMILES string of the molecule is CC(C)(C)OC(=O)NCCCCCC(=O)NCc1ccc(-c2nc(C(=O)O)cs2)cc1. The van der Waals surface area contributed by atoms with Gasteiger partial charge in [0, 0.05) is 30.5 Å². The Morgan fingerprint density at radius 3 is 2.39 bits per heavy atom. The van der Waals surface area contributed by atoms with Gasteiger partial charge in [0.05, 0.1) is 0 Å². The van der Waals surface area contributed by atoms with Crippen molar-refractivity contribution < 1.29 is 24.2 Å². The van der Waals surface area contributed by atoms with Crippen LogP contribution in [-0.4, -0.2) is 40.2 Å². The van der Waals surface area contributed by atoms with Crippen LogP contribution in [0, 0.1) is 0 Å². The average molecular weight is 448 g/mol. The molecule has 9 heteroatoms. The summed E-state index contributed by atoms with van der Waals surface area (Å²) >= 11 is 1.28. The molecule has 3 N–H and O–H groups in total. The summed E-state index contributed by atoms with van der Waals surface area (Å²) in [4.78, 5) is 38.5. The molecule has 0 radical (unpaired) electrons.